The van der Waals surface area contributed by atoms with E-state index in [1.807, 2.05) is 0 Å². The molecule has 1 atom stereocenters. The highest BCUT2D eigenvalue weighted by atomic mass is 15.3. The van der Waals surface area contributed by atoms with E-state index in [9.17, 15) is 0 Å². The zero-order valence-electron chi connectivity index (χ0n) is 18.3. The van der Waals surface area contributed by atoms with Crippen LogP contribution < -0.4 is 5.73 Å². The Morgan fingerprint density at radius 1 is 0.815 bits per heavy atom. The Balaban J connectivity index is 1.92. The Morgan fingerprint density at radius 3 is 1.96 bits per heavy atom. The van der Waals surface area contributed by atoms with Gasteiger partial charge in [-0.2, -0.15) is 0 Å². The Morgan fingerprint density at radius 2 is 1.41 bits per heavy atom. The summed E-state index contributed by atoms with van der Waals surface area (Å²) in [5.74, 6) is 2.73. The topological polar surface area (TPSA) is 32.5 Å². The van der Waals surface area contributed by atoms with Gasteiger partial charge in [-0.05, 0) is 45.3 Å². The van der Waals surface area contributed by atoms with Gasteiger partial charge in [-0.3, -0.25) is 4.90 Å². The zero-order chi connectivity index (χ0) is 19.6. The first-order valence-corrected chi connectivity index (χ1v) is 11.9. The molecular formula is C24H47N3. The molecule has 0 bridgehead atoms. The van der Waals surface area contributed by atoms with E-state index >= 15 is 0 Å². The number of terminal acetylenes is 1. The van der Waals surface area contributed by atoms with Gasteiger partial charge in [0, 0.05) is 32.1 Å². The molecule has 1 fully saturated rings. The van der Waals surface area contributed by atoms with Gasteiger partial charge in [0.15, 0.2) is 0 Å². The molecule has 1 unspecified atom stereocenters. The zero-order valence-corrected chi connectivity index (χ0v) is 18.3. The van der Waals surface area contributed by atoms with E-state index in [1.54, 1.807) is 0 Å². The predicted octanol–water partition coefficient (Wildman–Crippen LogP) is 5.05. The number of nitrogens with zero attached hydrogens (tertiary/aromatic N) is 2. The third-order valence-corrected chi connectivity index (χ3v) is 6.10. The van der Waals surface area contributed by atoms with Crippen molar-refractivity contribution in [2.24, 2.45) is 5.73 Å². The minimum atomic E-state index is 0.761. The lowest BCUT2D eigenvalue weighted by Crippen LogP contribution is -2.53. The highest BCUT2D eigenvalue weighted by Gasteiger charge is 2.24. The first kappa shape index (κ1) is 24.5. The number of nitrogens with two attached hydrogens (primary N) is 1. The summed E-state index contributed by atoms with van der Waals surface area (Å²) in [5.41, 5.74) is 5.66. The van der Waals surface area contributed by atoms with Crippen LogP contribution in [-0.2, 0) is 0 Å². The second-order valence-corrected chi connectivity index (χ2v) is 8.38. The van der Waals surface area contributed by atoms with Crippen LogP contribution in [0, 0.1) is 12.3 Å². The van der Waals surface area contributed by atoms with Crippen molar-refractivity contribution in [3.63, 3.8) is 0 Å². The van der Waals surface area contributed by atoms with Crippen LogP contribution in [0.2, 0.25) is 0 Å². The minimum Gasteiger partial charge on any atom is -0.330 e. The lowest BCUT2D eigenvalue weighted by atomic mass is 10.0. The van der Waals surface area contributed by atoms with Crippen LogP contribution in [0.15, 0.2) is 0 Å². The monoisotopic (exact) mass is 377 g/mol. The summed E-state index contributed by atoms with van der Waals surface area (Å²) in [5, 5.41) is 0. The van der Waals surface area contributed by atoms with E-state index in [0.29, 0.717) is 0 Å². The lowest BCUT2D eigenvalue weighted by molar-refractivity contribution is 0.0704. The van der Waals surface area contributed by atoms with E-state index in [2.05, 4.69) is 22.6 Å². The molecule has 0 aromatic carbocycles. The maximum absolute atomic E-state index is 5.66. The normalized spacial score (nSPS) is 18.6. The minimum absolute atomic E-state index is 0.761. The molecule has 1 aliphatic rings. The summed E-state index contributed by atoms with van der Waals surface area (Å²) < 4.78 is 0. The number of piperazine rings is 1. The van der Waals surface area contributed by atoms with Gasteiger partial charge in [0.25, 0.3) is 0 Å². The summed E-state index contributed by atoms with van der Waals surface area (Å²) in [6, 6.07) is 0.761. The fourth-order valence-corrected chi connectivity index (χ4v) is 4.29. The average Bonchev–Trinajstić information content (AvgIpc) is 2.70. The van der Waals surface area contributed by atoms with Gasteiger partial charge in [0.1, 0.15) is 0 Å². The van der Waals surface area contributed by atoms with Crippen LogP contribution in [0.25, 0.3) is 0 Å². The van der Waals surface area contributed by atoms with E-state index in [-0.39, 0.29) is 0 Å². The molecule has 0 spiro atoms. The number of hydrogen-bond donors (Lipinski definition) is 1. The lowest BCUT2D eigenvalue weighted by Gasteiger charge is -2.41. The molecule has 3 heteroatoms. The van der Waals surface area contributed by atoms with E-state index < -0.39 is 0 Å². The van der Waals surface area contributed by atoms with Crippen molar-refractivity contribution in [1.29, 1.82) is 0 Å². The van der Waals surface area contributed by atoms with Gasteiger partial charge in [0.05, 0.1) is 0 Å². The van der Waals surface area contributed by atoms with E-state index in [1.165, 1.54) is 110 Å². The fourth-order valence-electron chi connectivity index (χ4n) is 4.29. The quantitative estimate of drug-likeness (QED) is 0.284. The molecule has 1 saturated heterocycles. The summed E-state index contributed by atoms with van der Waals surface area (Å²) >= 11 is 0. The highest BCUT2D eigenvalue weighted by molar-refractivity contribution is 4.83. The highest BCUT2D eigenvalue weighted by Crippen LogP contribution is 2.16. The number of hydrogen-bond acceptors (Lipinski definition) is 3. The van der Waals surface area contributed by atoms with Gasteiger partial charge in [-0.1, -0.05) is 64.7 Å². The Hall–Kier alpha value is -0.560. The summed E-state index contributed by atoms with van der Waals surface area (Å²) in [6.07, 6.45) is 23.9. The molecule has 1 heterocycles. The van der Waals surface area contributed by atoms with Gasteiger partial charge in [0.2, 0.25) is 0 Å². The van der Waals surface area contributed by atoms with Crippen molar-refractivity contribution in [3.05, 3.63) is 0 Å². The van der Waals surface area contributed by atoms with Gasteiger partial charge < -0.3 is 10.6 Å². The standard InChI is InChI=1S/C24H47N3/c1-3-5-6-7-8-9-10-11-12-13-14-15-16-20-27-22-21-26(19-17-18-25)23-24(27)4-2/h1,24H,4-23,25H2,2H3. The second-order valence-electron chi connectivity index (χ2n) is 8.38. The van der Waals surface area contributed by atoms with Crippen LogP contribution in [0.3, 0.4) is 0 Å². The number of unbranched alkanes of at least 4 members (excludes halogenated alkanes) is 11. The van der Waals surface area contributed by atoms with Crippen LogP contribution >= 0.6 is 0 Å². The van der Waals surface area contributed by atoms with Crippen LogP contribution in [0.1, 0.15) is 96.8 Å². The molecule has 27 heavy (non-hydrogen) atoms. The molecule has 0 aromatic heterocycles. The molecule has 0 radical (unpaired) electrons. The largest absolute Gasteiger partial charge is 0.330 e. The summed E-state index contributed by atoms with van der Waals surface area (Å²) in [6.45, 7) is 9.40. The van der Waals surface area contributed by atoms with Crippen LogP contribution in [0.4, 0.5) is 0 Å². The second kappa shape index (κ2) is 17.5. The maximum atomic E-state index is 5.66. The molecule has 0 aromatic rings. The van der Waals surface area contributed by atoms with Crippen LogP contribution in [-0.4, -0.2) is 55.1 Å². The van der Waals surface area contributed by atoms with E-state index in [0.717, 1.165) is 25.4 Å². The Labute approximate surface area is 170 Å². The SMILES string of the molecule is C#CCCCCCCCCCCCCCN1CCN(CCCN)CC1CC. The molecule has 1 rings (SSSR count). The molecule has 1 aliphatic heterocycles. The van der Waals surface area contributed by atoms with Crippen molar-refractivity contribution in [2.45, 2.75) is 103 Å². The van der Waals surface area contributed by atoms with Crippen molar-refractivity contribution in [3.8, 4) is 12.3 Å². The summed E-state index contributed by atoms with van der Waals surface area (Å²) in [4.78, 5) is 5.37. The molecule has 0 aliphatic carbocycles. The smallest absolute Gasteiger partial charge is 0.0221 e. The van der Waals surface area contributed by atoms with Crippen LogP contribution in [0.5, 0.6) is 0 Å². The molecule has 0 amide bonds. The maximum Gasteiger partial charge on any atom is 0.0221 e. The van der Waals surface area contributed by atoms with Crippen molar-refractivity contribution in [2.75, 3.05) is 39.3 Å². The van der Waals surface area contributed by atoms with Crippen molar-refractivity contribution in [1.82, 2.24) is 9.80 Å². The summed E-state index contributed by atoms with van der Waals surface area (Å²) in [7, 11) is 0. The molecule has 0 saturated carbocycles. The van der Waals surface area contributed by atoms with Crippen molar-refractivity contribution >= 4 is 0 Å². The van der Waals surface area contributed by atoms with Crippen molar-refractivity contribution < 1.29 is 0 Å². The average molecular weight is 378 g/mol. The first-order valence-electron chi connectivity index (χ1n) is 11.9. The molecular weight excluding hydrogens is 330 g/mol. The van der Waals surface area contributed by atoms with E-state index in [4.69, 9.17) is 12.2 Å². The fraction of sp³-hybridized carbons (Fsp3) is 0.917. The third-order valence-electron chi connectivity index (χ3n) is 6.10. The number of rotatable bonds is 17. The molecule has 3 nitrogen and oxygen atoms in total. The van der Waals surface area contributed by atoms with Gasteiger partial charge >= 0.3 is 0 Å². The molecule has 2 N–H and O–H groups in total. The van der Waals surface area contributed by atoms with Gasteiger partial charge in [-0.25, -0.2) is 0 Å². The predicted molar refractivity (Wildman–Crippen MR) is 120 cm³/mol. The Bertz CT molecular complexity index is 363. The van der Waals surface area contributed by atoms with Gasteiger partial charge in [-0.15, -0.1) is 12.3 Å². The first-order chi connectivity index (χ1) is 13.3. The molecule has 158 valence electrons. The third kappa shape index (κ3) is 12.5. The Kier molecular flexibility index (Phi) is 15.9.